The summed E-state index contributed by atoms with van der Waals surface area (Å²) in [5, 5.41) is 3.05. The Kier molecular flexibility index (Phi) is 8.05. The first-order chi connectivity index (χ1) is 15.4. The van der Waals surface area contributed by atoms with Gasteiger partial charge in [0.25, 0.3) is 5.56 Å². The van der Waals surface area contributed by atoms with Crippen LogP contribution in [0, 0.1) is 0 Å². The van der Waals surface area contributed by atoms with E-state index in [1.54, 1.807) is 18.5 Å². The Hall–Kier alpha value is -3.13. The summed E-state index contributed by atoms with van der Waals surface area (Å²) in [6.07, 6.45) is 8.91. The van der Waals surface area contributed by atoms with E-state index in [2.05, 4.69) is 27.1 Å². The number of rotatable bonds is 8. The number of nitrogens with zero attached hydrogens (tertiary/aromatic N) is 4. The zero-order valence-electron chi connectivity index (χ0n) is 19.5. The highest BCUT2D eigenvalue weighted by atomic mass is 16.2. The largest absolute Gasteiger partial charge is 0.373 e. The molecular weight excluding hydrogens is 404 g/mol. The average Bonchev–Trinajstić information content (AvgIpc) is 2.80. The van der Waals surface area contributed by atoms with Gasteiger partial charge in [-0.25, -0.2) is 4.98 Å². The van der Waals surface area contributed by atoms with Gasteiger partial charge in [-0.1, -0.05) is 6.08 Å². The lowest BCUT2D eigenvalue weighted by molar-refractivity contribution is -0.127. The monoisotopic (exact) mass is 438 g/mol. The second-order valence-electron chi connectivity index (χ2n) is 8.31. The molecule has 3 rings (SSSR count). The third kappa shape index (κ3) is 5.76. The van der Waals surface area contributed by atoms with E-state index in [0.717, 1.165) is 42.9 Å². The number of piperidine rings is 1. The van der Waals surface area contributed by atoms with Gasteiger partial charge in [0.2, 0.25) is 5.91 Å². The Morgan fingerprint density at radius 2 is 2.16 bits per heavy atom. The fourth-order valence-corrected chi connectivity index (χ4v) is 4.10. The van der Waals surface area contributed by atoms with Crippen LogP contribution in [0.25, 0.3) is 11.1 Å². The molecule has 1 aliphatic rings. The molecule has 0 aliphatic carbocycles. The Balaban J connectivity index is 1.82. The lowest BCUT2D eigenvalue weighted by atomic mass is 10.0. The molecule has 0 aromatic carbocycles. The molecule has 2 N–H and O–H groups in total. The second-order valence-corrected chi connectivity index (χ2v) is 8.31. The van der Waals surface area contributed by atoms with Crippen LogP contribution in [0.15, 0.2) is 47.5 Å². The van der Waals surface area contributed by atoms with Crippen molar-refractivity contribution in [1.29, 1.82) is 0 Å². The molecule has 1 amide bonds. The third-order valence-electron chi connectivity index (χ3n) is 5.76. The van der Waals surface area contributed by atoms with Crippen molar-refractivity contribution in [3.63, 3.8) is 0 Å². The van der Waals surface area contributed by atoms with Crippen molar-refractivity contribution in [2.45, 2.75) is 25.8 Å². The maximum absolute atomic E-state index is 12.8. The highest BCUT2D eigenvalue weighted by Crippen LogP contribution is 2.26. The van der Waals surface area contributed by atoms with Gasteiger partial charge in [0.1, 0.15) is 11.5 Å². The number of carbonyl (C=O) groups is 1. The van der Waals surface area contributed by atoms with Gasteiger partial charge in [-0.3, -0.25) is 9.59 Å². The number of likely N-dealkylation sites (N-methyl/N-ethyl adjacent to an activating group) is 2. The predicted octanol–water partition coefficient (Wildman–Crippen LogP) is 2.41. The average molecular weight is 439 g/mol. The molecule has 0 saturated carbocycles. The SMILES string of the molecule is CCN(c1cc(-c2ccnc(NC)c2)c[nH]c1=O)[C@@H]1CCCN(C(=O)C=CCN(C)C)C1. The Bertz CT molecular complexity index is 1000. The summed E-state index contributed by atoms with van der Waals surface area (Å²) in [7, 11) is 5.78. The van der Waals surface area contributed by atoms with Crippen LogP contribution >= 0.6 is 0 Å². The van der Waals surface area contributed by atoms with E-state index in [0.29, 0.717) is 18.8 Å². The fraction of sp³-hybridized carbons (Fsp3) is 0.458. The van der Waals surface area contributed by atoms with E-state index in [-0.39, 0.29) is 17.5 Å². The quantitative estimate of drug-likeness (QED) is 0.616. The van der Waals surface area contributed by atoms with Gasteiger partial charge in [0.05, 0.1) is 0 Å². The van der Waals surface area contributed by atoms with Crippen LogP contribution in [0.5, 0.6) is 0 Å². The molecule has 1 atom stereocenters. The second kappa shape index (κ2) is 10.9. The number of nitrogens with one attached hydrogen (secondary N) is 2. The van der Waals surface area contributed by atoms with E-state index in [1.165, 1.54) is 0 Å². The number of amides is 1. The van der Waals surface area contributed by atoms with Gasteiger partial charge in [-0.15, -0.1) is 0 Å². The Labute approximate surface area is 189 Å². The first kappa shape index (κ1) is 23.5. The zero-order chi connectivity index (χ0) is 23.1. The van der Waals surface area contributed by atoms with E-state index < -0.39 is 0 Å². The highest BCUT2D eigenvalue weighted by Gasteiger charge is 2.28. The number of aromatic amines is 1. The molecule has 1 saturated heterocycles. The smallest absolute Gasteiger partial charge is 0.271 e. The van der Waals surface area contributed by atoms with Crippen LogP contribution in [0.1, 0.15) is 19.8 Å². The van der Waals surface area contributed by atoms with Gasteiger partial charge in [0, 0.05) is 63.3 Å². The summed E-state index contributed by atoms with van der Waals surface area (Å²) < 4.78 is 0. The summed E-state index contributed by atoms with van der Waals surface area (Å²) >= 11 is 0. The molecule has 1 fully saturated rings. The van der Waals surface area contributed by atoms with Crippen molar-refractivity contribution in [1.82, 2.24) is 19.8 Å². The van der Waals surface area contributed by atoms with Crippen molar-refractivity contribution in [3.8, 4) is 11.1 Å². The molecule has 0 unspecified atom stereocenters. The lowest BCUT2D eigenvalue weighted by Crippen LogP contribution is -2.50. The van der Waals surface area contributed by atoms with Gasteiger partial charge in [0.15, 0.2) is 0 Å². The zero-order valence-corrected chi connectivity index (χ0v) is 19.5. The van der Waals surface area contributed by atoms with E-state index >= 15 is 0 Å². The number of hydrogen-bond acceptors (Lipinski definition) is 6. The number of H-pyrrole nitrogens is 1. The molecule has 2 aromatic heterocycles. The molecule has 0 bridgehead atoms. The van der Waals surface area contributed by atoms with E-state index in [4.69, 9.17) is 0 Å². The molecule has 3 heterocycles. The van der Waals surface area contributed by atoms with Crippen molar-refractivity contribution in [2.24, 2.45) is 0 Å². The van der Waals surface area contributed by atoms with Crippen LogP contribution < -0.4 is 15.8 Å². The topological polar surface area (TPSA) is 84.6 Å². The number of carbonyl (C=O) groups excluding carboxylic acids is 1. The highest BCUT2D eigenvalue weighted by molar-refractivity contribution is 5.87. The molecular formula is C24H34N6O2. The van der Waals surface area contributed by atoms with Crippen LogP contribution in [-0.4, -0.2) is 79.0 Å². The minimum absolute atomic E-state index is 0.0339. The number of hydrogen-bond donors (Lipinski definition) is 2. The van der Waals surface area contributed by atoms with Crippen molar-refractivity contribution in [2.75, 3.05) is 57.5 Å². The molecule has 32 heavy (non-hydrogen) atoms. The lowest BCUT2D eigenvalue weighted by Gasteiger charge is -2.39. The minimum Gasteiger partial charge on any atom is -0.373 e. The summed E-state index contributed by atoms with van der Waals surface area (Å²) in [4.78, 5) is 38.6. The fourth-order valence-electron chi connectivity index (χ4n) is 4.10. The van der Waals surface area contributed by atoms with Gasteiger partial charge in [-0.05, 0) is 57.6 Å². The summed E-state index contributed by atoms with van der Waals surface area (Å²) in [5.74, 6) is 0.804. The van der Waals surface area contributed by atoms with Crippen molar-refractivity contribution < 1.29 is 4.79 Å². The third-order valence-corrected chi connectivity index (χ3v) is 5.76. The van der Waals surface area contributed by atoms with E-state index in [1.807, 2.05) is 55.2 Å². The number of pyridine rings is 2. The van der Waals surface area contributed by atoms with Crippen molar-refractivity contribution in [3.05, 3.63) is 53.1 Å². The van der Waals surface area contributed by atoms with Gasteiger partial charge < -0.3 is 25.0 Å². The van der Waals surface area contributed by atoms with Gasteiger partial charge in [-0.2, -0.15) is 0 Å². The maximum Gasteiger partial charge on any atom is 0.271 e. The normalized spacial score (nSPS) is 16.5. The minimum atomic E-state index is -0.118. The van der Waals surface area contributed by atoms with Crippen LogP contribution in [0.2, 0.25) is 0 Å². The molecule has 1 aliphatic heterocycles. The first-order valence-corrected chi connectivity index (χ1v) is 11.2. The van der Waals surface area contributed by atoms with Crippen molar-refractivity contribution >= 4 is 17.4 Å². The molecule has 172 valence electrons. The number of likely N-dealkylation sites (tertiary alicyclic amines) is 1. The summed E-state index contributed by atoms with van der Waals surface area (Å²) in [5.41, 5.74) is 2.42. The molecule has 0 radical (unpaired) electrons. The first-order valence-electron chi connectivity index (χ1n) is 11.2. The molecule has 8 nitrogen and oxygen atoms in total. The molecule has 0 spiro atoms. The molecule has 8 heteroatoms. The van der Waals surface area contributed by atoms with Crippen LogP contribution in [0.4, 0.5) is 11.5 Å². The summed E-state index contributed by atoms with van der Waals surface area (Å²) in [6.45, 7) is 4.83. The van der Waals surface area contributed by atoms with Gasteiger partial charge >= 0.3 is 0 Å². The maximum atomic E-state index is 12.8. The summed E-state index contributed by atoms with van der Waals surface area (Å²) in [6, 6.07) is 5.92. The standard InChI is InChI=1S/C24H34N6O2/c1-5-30(20-8-6-13-29(17-20)23(31)9-7-12-28(3)4)21-14-19(16-27-24(21)32)18-10-11-26-22(15-18)25-2/h7,9-11,14-16,20H,5-6,8,12-13,17H2,1-4H3,(H,25,26)(H,27,32)/t20-/m1/s1. The Morgan fingerprint density at radius 3 is 2.88 bits per heavy atom. The van der Waals surface area contributed by atoms with Crippen LogP contribution in [-0.2, 0) is 4.79 Å². The van der Waals surface area contributed by atoms with E-state index in [9.17, 15) is 9.59 Å². The predicted molar refractivity (Wildman–Crippen MR) is 130 cm³/mol. The Morgan fingerprint density at radius 1 is 1.34 bits per heavy atom. The number of anilines is 2. The molecule has 2 aromatic rings. The van der Waals surface area contributed by atoms with Crippen LogP contribution in [0.3, 0.4) is 0 Å². The number of aromatic nitrogens is 2.